The summed E-state index contributed by atoms with van der Waals surface area (Å²) >= 11 is 1.35. The van der Waals surface area contributed by atoms with Crippen LogP contribution >= 0.6 is 11.3 Å². The van der Waals surface area contributed by atoms with Crippen molar-refractivity contribution in [3.05, 3.63) is 58.0 Å². The predicted molar refractivity (Wildman–Crippen MR) is 83.0 cm³/mol. The minimum absolute atomic E-state index is 0.0107. The molecule has 0 saturated heterocycles. The predicted octanol–water partition coefficient (Wildman–Crippen LogP) is 3.80. The van der Waals surface area contributed by atoms with Crippen LogP contribution < -0.4 is 0 Å². The summed E-state index contributed by atoms with van der Waals surface area (Å²) in [7, 11) is 0. The lowest BCUT2D eigenvalue weighted by Crippen LogP contribution is -1.87. The fourth-order valence-electron chi connectivity index (χ4n) is 1.97. The summed E-state index contributed by atoms with van der Waals surface area (Å²) in [6.07, 6.45) is 0. The number of hydrogen-bond acceptors (Lipinski definition) is 6. The van der Waals surface area contributed by atoms with Crippen molar-refractivity contribution >= 4 is 17.0 Å². The first-order valence-electron chi connectivity index (χ1n) is 6.27. The van der Waals surface area contributed by atoms with Gasteiger partial charge in [-0.1, -0.05) is 12.1 Å². The number of nitrogens with zero attached hydrogens (tertiary/aromatic N) is 2. The van der Waals surface area contributed by atoms with Gasteiger partial charge in [0, 0.05) is 28.6 Å². The van der Waals surface area contributed by atoms with E-state index in [1.54, 1.807) is 23.6 Å². The zero-order chi connectivity index (χ0) is 15.7. The van der Waals surface area contributed by atoms with Crippen LogP contribution in [0.4, 0.5) is 5.69 Å². The normalized spacial score (nSPS) is 10.5. The standard InChI is InChI=1S/C15H10N2O4S/c18-13-5-4-9(7-14(13)19)12-8-22-15(16-12)10-2-1-3-11(6-10)17(20)21/h1-8,18-19H. The van der Waals surface area contributed by atoms with Crippen molar-refractivity contribution in [2.45, 2.75) is 0 Å². The zero-order valence-electron chi connectivity index (χ0n) is 11.1. The summed E-state index contributed by atoms with van der Waals surface area (Å²) in [5.41, 5.74) is 1.95. The van der Waals surface area contributed by atoms with Crippen LogP contribution in [-0.2, 0) is 0 Å². The lowest BCUT2D eigenvalue weighted by molar-refractivity contribution is -0.384. The third-order valence-corrected chi connectivity index (χ3v) is 3.97. The molecule has 3 rings (SSSR count). The first-order valence-corrected chi connectivity index (χ1v) is 7.15. The monoisotopic (exact) mass is 314 g/mol. The molecule has 3 aromatic rings. The highest BCUT2D eigenvalue weighted by atomic mass is 32.1. The van der Waals surface area contributed by atoms with Gasteiger partial charge in [0.2, 0.25) is 0 Å². The molecule has 0 amide bonds. The molecule has 1 aromatic heterocycles. The molecule has 0 fully saturated rings. The van der Waals surface area contributed by atoms with E-state index in [1.165, 1.54) is 35.6 Å². The number of hydrogen-bond donors (Lipinski definition) is 2. The molecule has 1 heterocycles. The first-order chi connectivity index (χ1) is 10.5. The smallest absolute Gasteiger partial charge is 0.270 e. The van der Waals surface area contributed by atoms with Gasteiger partial charge < -0.3 is 10.2 Å². The molecular weight excluding hydrogens is 304 g/mol. The van der Waals surface area contributed by atoms with Gasteiger partial charge in [0.25, 0.3) is 5.69 Å². The fraction of sp³-hybridized carbons (Fsp3) is 0. The van der Waals surface area contributed by atoms with Crippen molar-refractivity contribution in [1.29, 1.82) is 0 Å². The molecule has 22 heavy (non-hydrogen) atoms. The molecule has 6 nitrogen and oxygen atoms in total. The Balaban J connectivity index is 1.98. The van der Waals surface area contributed by atoms with Crippen molar-refractivity contribution in [2.75, 3.05) is 0 Å². The van der Waals surface area contributed by atoms with Crippen molar-refractivity contribution in [1.82, 2.24) is 4.98 Å². The number of nitro groups is 1. The average Bonchev–Trinajstić information content (AvgIpc) is 3.00. The van der Waals surface area contributed by atoms with Crippen molar-refractivity contribution in [3.8, 4) is 33.3 Å². The SMILES string of the molecule is O=[N+]([O-])c1cccc(-c2nc(-c3ccc(O)c(O)c3)cs2)c1. The summed E-state index contributed by atoms with van der Waals surface area (Å²) in [4.78, 5) is 14.8. The van der Waals surface area contributed by atoms with Crippen LogP contribution in [-0.4, -0.2) is 20.1 Å². The highest BCUT2D eigenvalue weighted by molar-refractivity contribution is 7.13. The molecule has 7 heteroatoms. The Bertz CT molecular complexity index is 860. The molecule has 0 spiro atoms. The molecule has 0 aliphatic rings. The van der Waals surface area contributed by atoms with Crippen molar-refractivity contribution < 1.29 is 15.1 Å². The minimum atomic E-state index is -0.448. The third kappa shape index (κ3) is 2.61. The second kappa shape index (κ2) is 5.45. The Morgan fingerprint density at radius 1 is 1.05 bits per heavy atom. The van der Waals surface area contributed by atoms with Gasteiger partial charge in [0.15, 0.2) is 11.5 Å². The molecule has 0 unspecified atom stereocenters. The van der Waals surface area contributed by atoms with Gasteiger partial charge in [-0.3, -0.25) is 10.1 Å². The lowest BCUT2D eigenvalue weighted by Gasteiger charge is -2.00. The molecule has 2 aromatic carbocycles. The quantitative estimate of drug-likeness (QED) is 0.435. The van der Waals surface area contributed by atoms with Gasteiger partial charge >= 0.3 is 0 Å². The maximum absolute atomic E-state index is 10.8. The van der Waals surface area contributed by atoms with Gasteiger partial charge in [0.05, 0.1) is 10.6 Å². The second-order valence-electron chi connectivity index (χ2n) is 4.55. The summed E-state index contributed by atoms with van der Waals surface area (Å²) in [6, 6.07) is 10.7. The van der Waals surface area contributed by atoms with Crippen LogP contribution in [0.5, 0.6) is 11.5 Å². The number of benzene rings is 2. The molecule has 0 saturated carbocycles. The van der Waals surface area contributed by atoms with E-state index in [2.05, 4.69) is 4.98 Å². The van der Waals surface area contributed by atoms with Gasteiger partial charge in [-0.25, -0.2) is 4.98 Å². The van der Waals surface area contributed by atoms with E-state index in [9.17, 15) is 20.3 Å². The topological polar surface area (TPSA) is 96.5 Å². The molecule has 0 aliphatic heterocycles. The number of nitro benzene ring substituents is 1. The molecular formula is C15H10N2O4S. The largest absolute Gasteiger partial charge is 0.504 e. The molecule has 110 valence electrons. The number of rotatable bonds is 3. The van der Waals surface area contributed by atoms with Gasteiger partial charge in [-0.15, -0.1) is 11.3 Å². The molecule has 0 aliphatic carbocycles. The maximum Gasteiger partial charge on any atom is 0.270 e. The van der Waals surface area contributed by atoms with E-state index in [0.717, 1.165) is 0 Å². The highest BCUT2D eigenvalue weighted by Crippen LogP contribution is 2.34. The summed E-state index contributed by atoms with van der Waals surface area (Å²) in [6.45, 7) is 0. The molecule has 0 bridgehead atoms. The fourth-order valence-corrected chi connectivity index (χ4v) is 2.80. The van der Waals surface area contributed by atoms with Crippen LogP contribution in [0, 0.1) is 10.1 Å². The summed E-state index contributed by atoms with van der Waals surface area (Å²) in [5.74, 6) is -0.416. The number of thiazole rings is 1. The van der Waals surface area contributed by atoms with Gasteiger partial charge in [0.1, 0.15) is 5.01 Å². The maximum atomic E-state index is 10.8. The lowest BCUT2D eigenvalue weighted by atomic mass is 10.1. The van der Waals surface area contributed by atoms with Crippen molar-refractivity contribution in [2.24, 2.45) is 0 Å². The Morgan fingerprint density at radius 2 is 1.86 bits per heavy atom. The average molecular weight is 314 g/mol. The van der Waals surface area contributed by atoms with Crippen LogP contribution in [0.3, 0.4) is 0 Å². The number of phenols is 2. The van der Waals surface area contributed by atoms with E-state index < -0.39 is 4.92 Å². The highest BCUT2D eigenvalue weighted by Gasteiger charge is 2.12. The number of phenolic OH excluding ortho intramolecular Hbond substituents is 2. The Labute approximate surface area is 129 Å². The van der Waals surface area contributed by atoms with E-state index in [-0.39, 0.29) is 17.2 Å². The second-order valence-corrected chi connectivity index (χ2v) is 5.41. The van der Waals surface area contributed by atoms with Gasteiger partial charge in [-0.2, -0.15) is 0 Å². The Kier molecular flexibility index (Phi) is 3.48. The van der Waals surface area contributed by atoms with Crippen LogP contribution in [0.2, 0.25) is 0 Å². The minimum Gasteiger partial charge on any atom is -0.504 e. The molecule has 0 atom stereocenters. The van der Waals surface area contributed by atoms with Crippen LogP contribution in [0.1, 0.15) is 0 Å². The third-order valence-electron chi connectivity index (χ3n) is 3.08. The zero-order valence-corrected chi connectivity index (χ0v) is 11.9. The molecule has 0 radical (unpaired) electrons. The first kappa shape index (κ1) is 14.0. The van der Waals surface area contributed by atoms with Crippen LogP contribution in [0.15, 0.2) is 47.8 Å². The van der Waals surface area contributed by atoms with Crippen LogP contribution in [0.25, 0.3) is 21.8 Å². The molecule has 2 N–H and O–H groups in total. The van der Waals surface area contributed by atoms with E-state index in [0.29, 0.717) is 21.8 Å². The summed E-state index contributed by atoms with van der Waals surface area (Å²) in [5, 5.41) is 32.1. The number of aromatic nitrogens is 1. The van der Waals surface area contributed by atoms with E-state index >= 15 is 0 Å². The van der Waals surface area contributed by atoms with E-state index in [4.69, 9.17) is 0 Å². The summed E-state index contributed by atoms with van der Waals surface area (Å²) < 4.78 is 0. The Morgan fingerprint density at radius 3 is 2.59 bits per heavy atom. The number of non-ortho nitro benzene ring substituents is 1. The van der Waals surface area contributed by atoms with Crippen molar-refractivity contribution in [3.63, 3.8) is 0 Å². The number of aromatic hydroxyl groups is 2. The Hall–Kier alpha value is -2.93. The van der Waals surface area contributed by atoms with Gasteiger partial charge in [-0.05, 0) is 18.2 Å². The van der Waals surface area contributed by atoms with E-state index in [1.807, 2.05) is 0 Å².